The molecule has 0 saturated heterocycles. The van der Waals surface area contributed by atoms with E-state index in [2.05, 4.69) is 4.98 Å². The number of aromatic carboxylic acids is 1. The Morgan fingerprint density at radius 2 is 2.32 bits per heavy atom. The van der Waals surface area contributed by atoms with Crippen LogP contribution >= 0.6 is 11.3 Å². The van der Waals surface area contributed by atoms with Crippen molar-refractivity contribution >= 4 is 17.3 Å². The zero-order valence-electron chi connectivity index (χ0n) is 9.99. The lowest BCUT2D eigenvalue weighted by Crippen LogP contribution is -2.35. The minimum Gasteiger partial charge on any atom is -0.477 e. The first kappa shape index (κ1) is 13.2. The first-order chi connectivity index (χ1) is 9.04. The van der Waals surface area contributed by atoms with Gasteiger partial charge in [0.05, 0.1) is 6.04 Å². The van der Waals surface area contributed by atoms with Crippen LogP contribution in [0.3, 0.4) is 0 Å². The lowest BCUT2D eigenvalue weighted by Gasteiger charge is -2.15. The molecule has 0 fully saturated rings. The van der Waals surface area contributed by atoms with Crippen LogP contribution in [0.5, 0.6) is 0 Å². The lowest BCUT2D eigenvalue weighted by atomic mass is 10.2. The summed E-state index contributed by atoms with van der Waals surface area (Å²) < 4.78 is 1.20. The molecule has 0 aliphatic carbocycles. The molecular weight excluding hydrogens is 270 g/mol. The van der Waals surface area contributed by atoms with Crippen LogP contribution in [-0.2, 0) is 0 Å². The number of carbonyl (C=O) groups is 1. The molecule has 19 heavy (non-hydrogen) atoms. The smallest absolute Gasteiger partial charge is 0.342 e. The summed E-state index contributed by atoms with van der Waals surface area (Å²) in [5, 5.41) is 11.4. The van der Waals surface area contributed by atoms with Crippen molar-refractivity contribution in [2.75, 3.05) is 0 Å². The van der Waals surface area contributed by atoms with Gasteiger partial charge in [0, 0.05) is 17.8 Å². The minimum absolute atomic E-state index is 0.387. The molecule has 0 amide bonds. The number of aromatic amines is 1. The zero-order valence-corrected chi connectivity index (χ0v) is 10.8. The predicted octanol–water partition coefficient (Wildman–Crippen LogP) is 0.691. The fourth-order valence-corrected chi connectivity index (χ4v) is 2.58. The first-order valence-electron chi connectivity index (χ1n) is 5.52. The van der Waals surface area contributed by atoms with Gasteiger partial charge < -0.3 is 5.11 Å². The number of hydrogen-bond donors (Lipinski definition) is 2. The summed E-state index contributed by atoms with van der Waals surface area (Å²) in [5.74, 6) is -1.37. The van der Waals surface area contributed by atoms with Crippen LogP contribution in [0.4, 0.5) is 0 Å². The van der Waals surface area contributed by atoms with E-state index in [-0.39, 0.29) is 6.04 Å². The minimum atomic E-state index is -1.37. The number of H-pyrrole nitrogens is 1. The normalized spacial score (nSPS) is 12.3. The van der Waals surface area contributed by atoms with Gasteiger partial charge in [-0.1, -0.05) is 6.92 Å². The van der Waals surface area contributed by atoms with Gasteiger partial charge in [-0.05, 0) is 6.42 Å². The number of nitrogens with zero attached hydrogens (tertiary/aromatic N) is 2. The van der Waals surface area contributed by atoms with Crippen LogP contribution in [0.25, 0.3) is 0 Å². The molecular formula is C11H11N3O4S. The summed E-state index contributed by atoms with van der Waals surface area (Å²) in [6.45, 7) is 1.85. The first-order valence-corrected chi connectivity index (χ1v) is 6.40. The SMILES string of the molecule is CCC(c1nccs1)n1cc(C(=O)O)c(=O)[nH]c1=O. The van der Waals surface area contributed by atoms with Gasteiger partial charge in [-0.2, -0.15) is 0 Å². The van der Waals surface area contributed by atoms with Crippen molar-refractivity contribution < 1.29 is 9.90 Å². The van der Waals surface area contributed by atoms with Crippen LogP contribution in [-0.4, -0.2) is 25.6 Å². The average Bonchev–Trinajstić information content (AvgIpc) is 2.86. The van der Waals surface area contributed by atoms with Gasteiger partial charge in [0.2, 0.25) is 0 Å². The van der Waals surface area contributed by atoms with Crippen LogP contribution < -0.4 is 11.2 Å². The summed E-state index contributed by atoms with van der Waals surface area (Å²) in [5.41, 5.74) is -2.01. The van der Waals surface area contributed by atoms with E-state index >= 15 is 0 Å². The zero-order chi connectivity index (χ0) is 14.0. The molecule has 100 valence electrons. The van der Waals surface area contributed by atoms with Crippen LogP contribution in [0.15, 0.2) is 27.4 Å². The van der Waals surface area contributed by atoms with Crippen LogP contribution in [0.1, 0.15) is 34.8 Å². The molecule has 0 bridgehead atoms. The predicted molar refractivity (Wildman–Crippen MR) is 68.8 cm³/mol. The van der Waals surface area contributed by atoms with Gasteiger partial charge in [0.15, 0.2) is 0 Å². The Morgan fingerprint density at radius 1 is 1.58 bits per heavy atom. The molecule has 0 saturated carbocycles. The second-order valence-corrected chi connectivity index (χ2v) is 4.74. The van der Waals surface area contributed by atoms with E-state index in [0.717, 1.165) is 6.20 Å². The highest BCUT2D eigenvalue weighted by molar-refractivity contribution is 7.09. The maximum atomic E-state index is 11.8. The molecule has 2 heterocycles. The highest BCUT2D eigenvalue weighted by atomic mass is 32.1. The highest BCUT2D eigenvalue weighted by Gasteiger charge is 2.19. The van der Waals surface area contributed by atoms with E-state index in [1.54, 1.807) is 11.6 Å². The Kier molecular flexibility index (Phi) is 3.61. The van der Waals surface area contributed by atoms with Crippen molar-refractivity contribution in [3.63, 3.8) is 0 Å². The van der Waals surface area contributed by atoms with Gasteiger partial charge in [0.1, 0.15) is 10.6 Å². The number of nitrogens with one attached hydrogen (secondary N) is 1. The fourth-order valence-electron chi connectivity index (χ4n) is 1.76. The van der Waals surface area contributed by atoms with E-state index in [4.69, 9.17) is 5.11 Å². The van der Waals surface area contributed by atoms with Crippen molar-refractivity contribution in [2.45, 2.75) is 19.4 Å². The second-order valence-electron chi connectivity index (χ2n) is 3.81. The molecule has 0 radical (unpaired) electrons. The number of carboxylic acid groups (broad SMARTS) is 1. The summed E-state index contributed by atoms with van der Waals surface area (Å²) in [7, 11) is 0. The summed E-state index contributed by atoms with van der Waals surface area (Å²) >= 11 is 1.37. The molecule has 1 atom stereocenters. The van der Waals surface area contributed by atoms with Gasteiger partial charge >= 0.3 is 11.7 Å². The van der Waals surface area contributed by atoms with Crippen molar-refractivity contribution in [1.29, 1.82) is 0 Å². The molecule has 7 nitrogen and oxygen atoms in total. The second kappa shape index (κ2) is 5.19. The molecule has 0 aliphatic rings. The Bertz CT molecular complexity index is 701. The maximum absolute atomic E-state index is 11.8. The Labute approximate surface area is 111 Å². The third-order valence-electron chi connectivity index (χ3n) is 2.66. The number of thiazole rings is 1. The van der Waals surface area contributed by atoms with Crippen molar-refractivity contribution in [3.05, 3.63) is 49.2 Å². The third kappa shape index (κ3) is 2.48. The number of rotatable bonds is 4. The molecule has 2 N–H and O–H groups in total. The fraction of sp³-hybridized carbons (Fsp3) is 0.273. The topological polar surface area (TPSA) is 105 Å². The van der Waals surface area contributed by atoms with Crippen LogP contribution in [0, 0.1) is 0 Å². The number of hydrogen-bond acceptors (Lipinski definition) is 5. The van der Waals surface area contributed by atoms with E-state index in [1.165, 1.54) is 15.9 Å². The third-order valence-corrected chi connectivity index (χ3v) is 3.53. The van der Waals surface area contributed by atoms with Crippen molar-refractivity contribution in [1.82, 2.24) is 14.5 Å². The van der Waals surface area contributed by atoms with Crippen LogP contribution in [0.2, 0.25) is 0 Å². The van der Waals surface area contributed by atoms with E-state index in [1.807, 2.05) is 11.9 Å². The van der Waals surface area contributed by atoms with E-state index in [9.17, 15) is 14.4 Å². The molecule has 2 aromatic heterocycles. The molecule has 2 aromatic rings. The van der Waals surface area contributed by atoms with E-state index < -0.39 is 22.8 Å². The average molecular weight is 281 g/mol. The van der Waals surface area contributed by atoms with E-state index in [0.29, 0.717) is 11.4 Å². The van der Waals surface area contributed by atoms with Gasteiger partial charge in [-0.25, -0.2) is 14.6 Å². The molecule has 0 aliphatic heterocycles. The molecule has 1 unspecified atom stereocenters. The number of aromatic nitrogens is 3. The van der Waals surface area contributed by atoms with Gasteiger partial charge in [-0.15, -0.1) is 11.3 Å². The van der Waals surface area contributed by atoms with Gasteiger partial charge in [-0.3, -0.25) is 14.3 Å². The van der Waals surface area contributed by atoms with Crippen molar-refractivity contribution in [2.24, 2.45) is 0 Å². The monoisotopic (exact) mass is 281 g/mol. The molecule has 0 spiro atoms. The Balaban J connectivity index is 2.61. The molecule has 0 aromatic carbocycles. The Morgan fingerprint density at radius 3 is 2.84 bits per heavy atom. The molecule has 8 heteroatoms. The molecule has 2 rings (SSSR count). The van der Waals surface area contributed by atoms with Crippen molar-refractivity contribution in [3.8, 4) is 0 Å². The largest absolute Gasteiger partial charge is 0.477 e. The Hall–Kier alpha value is -2.22. The summed E-state index contributed by atoms with van der Waals surface area (Å²) in [6, 6.07) is -0.387. The highest BCUT2D eigenvalue weighted by Crippen LogP contribution is 2.21. The van der Waals surface area contributed by atoms with Gasteiger partial charge in [0.25, 0.3) is 5.56 Å². The summed E-state index contributed by atoms with van der Waals surface area (Å²) in [6.07, 6.45) is 3.23. The maximum Gasteiger partial charge on any atom is 0.342 e. The lowest BCUT2D eigenvalue weighted by molar-refractivity contribution is 0.0693. The number of carboxylic acids is 1. The standard InChI is InChI=1S/C11H11N3O4S/c1-2-7(9-12-3-4-19-9)14-5-6(10(16)17)8(15)13-11(14)18/h3-5,7H,2H2,1H3,(H,16,17)(H,13,15,18). The quantitative estimate of drug-likeness (QED) is 0.857. The summed E-state index contributed by atoms with van der Waals surface area (Å²) in [4.78, 5) is 40.2.